The summed E-state index contributed by atoms with van der Waals surface area (Å²) >= 11 is 0. The number of benzene rings is 1. The molecule has 1 aromatic carbocycles. The summed E-state index contributed by atoms with van der Waals surface area (Å²) < 4.78 is 0. The van der Waals surface area contributed by atoms with Crippen LogP contribution in [0.3, 0.4) is 0 Å². The molecule has 2 aromatic rings. The van der Waals surface area contributed by atoms with Crippen LogP contribution < -0.4 is 20.4 Å². The quantitative estimate of drug-likeness (QED) is 0.837. The molecule has 7 heteroatoms. The number of hydrogen-bond acceptors (Lipinski definition) is 4. The molecule has 7 nitrogen and oxygen atoms in total. The first-order chi connectivity index (χ1) is 13.7. The van der Waals surface area contributed by atoms with Crippen molar-refractivity contribution in [1.29, 1.82) is 0 Å². The molecular formula is C21H25N5O2. The van der Waals surface area contributed by atoms with Crippen LogP contribution in [0.2, 0.25) is 0 Å². The minimum atomic E-state index is -0.260. The second-order valence-corrected chi connectivity index (χ2v) is 7.22. The van der Waals surface area contributed by atoms with Crippen molar-refractivity contribution in [1.82, 2.24) is 10.3 Å². The molecule has 2 aliphatic heterocycles. The molecule has 2 saturated heterocycles. The molecule has 2 N–H and O–H groups in total. The number of pyridine rings is 1. The number of nitrogens with zero attached hydrogens (tertiary/aromatic N) is 3. The molecule has 0 radical (unpaired) electrons. The fourth-order valence-electron chi connectivity index (χ4n) is 3.69. The Morgan fingerprint density at radius 2 is 1.82 bits per heavy atom. The van der Waals surface area contributed by atoms with E-state index < -0.39 is 0 Å². The summed E-state index contributed by atoms with van der Waals surface area (Å²) in [5.41, 5.74) is 2.59. The number of urea groups is 1. The van der Waals surface area contributed by atoms with Crippen molar-refractivity contribution >= 4 is 29.1 Å². The van der Waals surface area contributed by atoms with Crippen LogP contribution in [0.4, 0.5) is 22.0 Å². The van der Waals surface area contributed by atoms with Gasteiger partial charge in [0.1, 0.15) is 5.82 Å². The fourth-order valence-corrected chi connectivity index (χ4v) is 3.69. The molecular weight excluding hydrogens is 354 g/mol. The van der Waals surface area contributed by atoms with E-state index in [1.807, 2.05) is 36.4 Å². The zero-order chi connectivity index (χ0) is 19.3. The number of amides is 3. The average Bonchev–Trinajstić information content (AvgIpc) is 3.39. The highest BCUT2D eigenvalue weighted by Crippen LogP contribution is 2.23. The number of rotatable bonds is 5. The van der Waals surface area contributed by atoms with Gasteiger partial charge in [0.05, 0.1) is 0 Å². The zero-order valence-electron chi connectivity index (χ0n) is 15.9. The molecule has 3 amide bonds. The predicted molar refractivity (Wildman–Crippen MR) is 110 cm³/mol. The van der Waals surface area contributed by atoms with E-state index in [4.69, 9.17) is 0 Å². The first kappa shape index (κ1) is 18.3. The van der Waals surface area contributed by atoms with Gasteiger partial charge in [0.25, 0.3) is 0 Å². The van der Waals surface area contributed by atoms with E-state index in [0.29, 0.717) is 18.7 Å². The van der Waals surface area contributed by atoms with Crippen molar-refractivity contribution in [2.24, 2.45) is 0 Å². The van der Waals surface area contributed by atoms with Crippen LogP contribution >= 0.6 is 0 Å². The fraction of sp³-hybridized carbons (Fsp3) is 0.381. The first-order valence-electron chi connectivity index (χ1n) is 9.84. The smallest absolute Gasteiger partial charge is 0.319 e. The number of nitrogens with one attached hydrogen (secondary N) is 2. The van der Waals surface area contributed by atoms with Gasteiger partial charge in [-0.05, 0) is 61.2 Å². The Bertz CT molecular complexity index is 846. The third kappa shape index (κ3) is 4.24. The van der Waals surface area contributed by atoms with Gasteiger partial charge in [0.15, 0.2) is 0 Å². The summed E-state index contributed by atoms with van der Waals surface area (Å²) in [6, 6.07) is 11.1. The van der Waals surface area contributed by atoms with Gasteiger partial charge < -0.3 is 20.4 Å². The van der Waals surface area contributed by atoms with Crippen LogP contribution in [0, 0.1) is 0 Å². The van der Waals surface area contributed by atoms with Gasteiger partial charge in [-0.1, -0.05) is 0 Å². The molecule has 0 unspecified atom stereocenters. The highest BCUT2D eigenvalue weighted by molar-refractivity contribution is 5.96. The molecule has 0 aliphatic carbocycles. The Hall–Kier alpha value is -3.09. The van der Waals surface area contributed by atoms with Crippen molar-refractivity contribution in [2.45, 2.75) is 32.2 Å². The van der Waals surface area contributed by atoms with Crippen LogP contribution in [0.15, 0.2) is 42.6 Å². The maximum Gasteiger partial charge on any atom is 0.319 e. The summed E-state index contributed by atoms with van der Waals surface area (Å²) in [6.45, 7) is 3.29. The van der Waals surface area contributed by atoms with Crippen LogP contribution in [0.5, 0.6) is 0 Å². The molecule has 146 valence electrons. The molecule has 4 rings (SSSR count). The summed E-state index contributed by atoms with van der Waals surface area (Å²) in [4.78, 5) is 32.5. The molecule has 2 fully saturated rings. The highest BCUT2D eigenvalue weighted by Gasteiger charge is 2.21. The Morgan fingerprint density at radius 3 is 2.54 bits per heavy atom. The van der Waals surface area contributed by atoms with Gasteiger partial charge in [0.2, 0.25) is 5.91 Å². The molecule has 3 heterocycles. The molecule has 1 aromatic heterocycles. The van der Waals surface area contributed by atoms with Crippen molar-refractivity contribution < 1.29 is 9.59 Å². The Balaban J connectivity index is 1.30. The van der Waals surface area contributed by atoms with Crippen LogP contribution in [0.25, 0.3) is 0 Å². The van der Waals surface area contributed by atoms with Gasteiger partial charge in [-0.15, -0.1) is 0 Å². The highest BCUT2D eigenvalue weighted by atomic mass is 16.2. The summed E-state index contributed by atoms with van der Waals surface area (Å²) in [7, 11) is 0. The minimum Gasteiger partial charge on any atom is -0.357 e. The molecule has 0 saturated carbocycles. The maximum atomic E-state index is 12.2. The van der Waals surface area contributed by atoms with Crippen molar-refractivity contribution in [3.8, 4) is 0 Å². The van der Waals surface area contributed by atoms with Crippen molar-refractivity contribution in [3.05, 3.63) is 48.2 Å². The van der Waals surface area contributed by atoms with Crippen molar-refractivity contribution in [3.63, 3.8) is 0 Å². The molecule has 0 spiro atoms. The first-order valence-corrected chi connectivity index (χ1v) is 9.84. The van der Waals surface area contributed by atoms with E-state index in [0.717, 1.165) is 43.1 Å². The number of hydrogen-bond donors (Lipinski definition) is 2. The SMILES string of the molecule is O=C(NCc1ccnc(N2CCCC2)c1)Nc1ccc(N2CCCC2=O)cc1. The molecule has 28 heavy (non-hydrogen) atoms. The van der Waals surface area contributed by atoms with Crippen LogP contribution in [-0.4, -0.2) is 36.6 Å². The zero-order valence-corrected chi connectivity index (χ0v) is 15.9. The van der Waals surface area contributed by atoms with Crippen molar-refractivity contribution in [2.75, 3.05) is 34.8 Å². The van der Waals surface area contributed by atoms with E-state index in [-0.39, 0.29) is 11.9 Å². The maximum absolute atomic E-state index is 12.2. The molecule has 0 bridgehead atoms. The van der Waals surface area contributed by atoms with Crippen LogP contribution in [-0.2, 0) is 11.3 Å². The second-order valence-electron chi connectivity index (χ2n) is 7.22. The summed E-state index contributed by atoms with van der Waals surface area (Å²) in [5.74, 6) is 1.13. The van der Waals surface area contributed by atoms with E-state index in [1.54, 1.807) is 11.1 Å². The Morgan fingerprint density at radius 1 is 1.04 bits per heavy atom. The normalized spacial score (nSPS) is 16.5. The van der Waals surface area contributed by atoms with Gasteiger partial charge in [-0.2, -0.15) is 0 Å². The number of aromatic nitrogens is 1. The van der Waals surface area contributed by atoms with E-state index in [2.05, 4.69) is 20.5 Å². The lowest BCUT2D eigenvalue weighted by atomic mass is 10.2. The average molecular weight is 379 g/mol. The third-order valence-electron chi connectivity index (χ3n) is 5.20. The number of carbonyl (C=O) groups excluding carboxylic acids is 2. The Kier molecular flexibility index (Phi) is 5.41. The number of anilines is 3. The second kappa shape index (κ2) is 8.29. The van der Waals surface area contributed by atoms with Gasteiger partial charge in [0, 0.05) is 50.2 Å². The summed E-state index contributed by atoms with van der Waals surface area (Å²) in [5, 5.41) is 5.71. The van der Waals surface area contributed by atoms with Gasteiger partial charge in [-0.3, -0.25) is 4.79 Å². The molecule has 0 atom stereocenters. The van der Waals surface area contributed by atoms with E-state index in [9.17, 15) is 9.59 Å². The minimum absolute atomic E-state index is 0.157. The largest absolute Gasteiger partial charge is 0.357 e. The van der Waals surface area contributed by atoms with E-state index in [1.165, 1.54) is 12.8 Å². The van der Waals surface area contributed by atoms with Gasteiger partial charge >= 0.3 is 6.03 Å². The van der Waals surface area contributed by atoms with Crippen LogP contribution in [0.1, 0.15) is 31.2 Å². The monoisotopic (exact) mass is 379 g/mol. The van der Waals surface area contributed by atoms with E-state index >= 15 is 0 Å². The van der Waals surface area contributed by atoms with Gasteiger partial charge in [-0.25, -0.2) is 9.78 Å². The lowest BCUT2D eigenvalue weighted by Gasteiger charge is -2.17. The topological polar surface area (TPSA) is 77.6 Å². The molecule has 2 aliphatic rings. The number of carbonyl (C=O) groups is 2. The lowest BCUT2D eigenvalue weighted by molar-refractivity contribution is -0.117. The third-order valence-corrected chi connectivity index (χ3v) is 5.20. The summed E-state index contributed by atoms with van der Waals surface area (Å²) in [6.07, 6.45) is 5.71. The standard InChI is InChI=1S/C21H25N5O2/c27-20-4-3-13-26(20)18-7-5-17(6-8-18)24-21(28)23-15-16-9-10-22-19(14-16)25-11-1-2-12-25/h5-10,14H,1-4,11-13,15H2,(H2,23,24,28). The predicted octanol–water partition coefficient (Wildman–Crippen LogP) is 3.13. The Labute approximate surface area is 164 Å². The lowest BCUT2D eigenvalue weighted by Crippen LogP contribution is -2.28.